The predicted octanol–water partition coefficient (Wildman–Crippen LogP) is 3.20. The fraction of sp³-hybridized carbons (Fsp3) is 0.316. The molecule has 0 saturated carbocycles. The van der Waals surface area contributed by atoms with Gasteiger partial charge < -0.3 is 15.4 Å². The molecule has 0 aromatic heterocycles. The van der Waals surface area contributed by atoms with Crippen molar-refractivity contribution in [3.63, 3.8) is 0 Å². The minimum atomic E-state index is -0.892. The van der Waals surface area contributed by atoms with Crippen LogP contribution in [0.15, 0.2) is 42.5 Å². The zero-order chi connectivity index (χ0) is 18.5. The van der Waals surface area contributed by atoms with Crippen LogP contribution in [0.2, 0.25) is 5.02 Å². The summed E-state index contributed by atoms with van der Waals surface area (Å²) in [6.45, 7) is 1.71. The molecule has 1 fully saturated rings. The van der Waals surface area contributed by atoms with Crippen LogP contribution in [0, 0.1) is 11.6 Å². The lowest BCUT2D eigenvalue weighted by Gasteiger charge is -2.26. The highest BCUT2D eigenvalue weighted by molar-refractivity contribution is 6.31. The molecule has 0 bridgehead atoms. The number of carbonyl (C=O) groups is 1. The summed E-state index contributed by atoms with van der Waals surface area (Å²) in [6, 6.07) is 8.92. The summed E-state index contributed by atoms with van der Waals surface area (Å²) in [5.74, 6) is -1.51. The van der Waals surface area contributed by atoms with Crippen LogP contribution in [0.4, 0.5) is 8.78 Å². The first-order chi connectivity index (χ1) is 12.5. The van der Waals surface area contributed by atoms with Crippen molar-refractivity contribution >= 4 is 17.5 Å². The average Bonchev–Trinajstić information content (AvgIpc) is 2.63. The Labute approximate surface area is 155 Å². The molecule has 7 heteroatoms. The fourth-order valence-corrected chi connectivity index (χ4v) is 3.21. The molecule has 1 aliphatic heterocycles. The summed E-state index contributed by atoms with van der Waals surface area (Å²) in [5, 5.41) is 6.33. The molecular weight excluding hydrogens is 362 g/mol. The standard InChI is InChI=1S/C19H19ClF2N2O2/c20-16-4-2-1-3-14(16)19(15-9-12(21)5-6-17(15)22)24-18(25)10-13-11-26-8-7-23-13/h1-6,9,13,19,23H,7-8,10-11H2,(H,24,25). The molecule has 2 aromatic carbocycles. The first-order valence-corrected chi connectivity index (χ1v) is 8.72. The first-order valence-electron chi connectivity index (χ1n) is 8.34. The van der Waals surface area contributed by atoms with Gasteiger partial charge in [-0.25, -0.2) is 8.78 Å². The van der Waals surface area contributed by atoms with E-state index in [0.29, 0.717) is 30.3 Å². The van der Waals surface area contributed by atoms with Gasteiger partial charge in [-0.05, 0) is 29.8 Å². The number of amides is 1. The first kappa shape index (κ1) is 18.8. The average molecular weight is 381 g/mol. The lowest BCUT2D eigenvalue weighted by molar-refractivity contribution is -0.122. The van der Waals surface area contributed by atoms with Gasteiger partial charge in [0.15, 0.2) is 0 Å². The van der Waals surface area contributed by atoms with Crippen molar-refractivity contribution in [2.45, 2.75) is 18.5 Å². The van der Waals surface area contributed by atoms with E-state index in [1.807, 2.05) is 0 Å². The maximum Gasteiger partial charge on any atom is 0.222 e. The molecular formula is C19H19ClF2N2O2. The van der Waals surface area contributed by atoms with Gasteiger partial charge in [0.25, 0.3) is 0 Å². The SMILES string of the molecule is O=C(CC1COCCN1)NC(c1cc(F)ccc1F)c1ccccc1Cl. The molecule has 2 N–H and O–H groups in total. The molecule has 1 aliphatic rings. The lowest BCUT2D eigenvalue weighted by Crippen LogP contribution is -2.44. The second-order valence-electron chi connectivity index (χ2n) is 6.12. The lowest BCUT2D eigenvalue weighted by atomic mass is 9.97. The van der Waals surface area contributed by atoms with E-state index in [9.17, 15) is 13.6 Å². The van der Waals surface area contributed by atoms with Gasteiger partial charge in [-0.2, -0.15) is 0 Å². The zero-order valence-corrected chi connectivity index (χ0v) is 14.7. The van der Waals surface area contributed by atoms with E-state index in [0.717, 1.165) is 18.2 Å². The predicted molar refractivity (Wildman–Crippen MR) is 95.0 cm³/mol. The third-order valence-electron chi connectivity index (χ3n) is 4.22. The van der Waals surface area contributed by atoms with Crippen molar-refractivity contribution in [3.8, 4) is 0 Å². The minimum absolute atomic E-state index is 0.0271. The highest BCUT2D eigenvalue weighted by Crippen LogP contribution is 2.30. The van der Waals surface area contributed by atoms with E-state index in [-0.39, 0.29) is 23.9 Å². The van der Waals surface area contributed by atoms with Gasteiger partial charge in [-0.3, -0.25) is 4.79 Å². The van der Waals surface area contributed by atoms with Crippen LogP contribution in [0.1, 0.15) is 23.6 Å². The van der Waals surface area contributed by atoms with Crippen molar-refractivity contribution < 1.29 is 18.3 Å². The van der Waals surface area contributed by atoms with Crippen molar-refractivity contribution in [3.05, 3.63) is 70.2 Å². The number of carbonyl (C=O) groups excluding carboxylic acids is 1. The zero-order valence-electron chi connectivity index (χ0n) is 14.0. The van der Waals surface area contributed by atoms with Gasteiger partial charge in [0.05, 0.1) is 19.3 Å². The Hall–Kier alpha value is -2.02. The highest BCUT2D eigenvalue weighted by atomic mass is 35.5. The van der Waals surface area contributed by atoms with Gasteiger partial charge in [-0.1, -0.05) is 29.8 Å². The van der Waals surface area contributed by atoms with E-state index in [4.69, 9.17) is 16.3 Å². The number of halogens is 3. The summed E-state index contributed by atoms with van der Waals surface area (Å²) < 4.78 is 33.4. The molecule has 4 nitrogen and oxygen atoms in total. The van der Waals surface area contributed by atoms with Crippen LogP contribution < -0.4 is 10.6 Å². The van der Waals surface area contributed by atoms with Gasteiger partial charge in [0.1, 0.15) is 11.6 Å². The van der Waals surface area contributed by atoms with Gasteiger partial charge in [0, 0.05) is 29.6 Å². The molecule has 1 heterocycles. The smallest absolute Gasteiger partial charge is 0.222 e. The van der Waals surface area contributed by atoms with Crippen molar-refractivity contribution in [2.75, 3.05) is 19.8 Å². The number of ether oxygens (including phenoxy) is 1. The third kappa shape index (κ3) is 4.58. The number of rotatable bonds is 5. The monoisotopic (exact) mass is 380 g/mol. The third-order valence-corrected chi connectivity index (χ3v) is 4.57. The highest BCUT2D eigenvalue weighted by Gasteiger charge is 2.25. The topological polar surface area (TPSA) is 50.4 Å². The molecule has 2 atom stereocenters. The Morgan fingerprint density at radius 2 is 2.08 bits per heavy atom. The van der Waals surface area contributed by atoms with Crippen LogP contribution in [-0.2, 0) is 9.53 Å². The molecule has 138 valence electrons. The van der Waals surface area contributed by atoms with Gasteiger partial charge in [-0.15, -0.1) is 0 Å². The van der Waals surface area contributed by atoms with Crippen LogP contribution >= 0.6 is 11.6 Å². The maximum atomic E-state index is 14.4. The largest absolute Gasteiger partial charge is 0.378 e. The summed E-state index contributed by atoms with van der Waals surface area (Å²) in [4.78, 5) is 12.5. The fourth-order valence-electron chi connectivity index (χ4n) is 2.96. The van der Waals surface area contributed by atoms with Gasteiger partial charge >= 0.3 is 0 Å². The van der Waals surface area contributed by atoms with Crippen LogP contribution in [-0.4, -0.2) is 31.7 Å². The Bertz CT molecular complexity index is 782. The molecule has 2 unspecified atom stereocenters. The summed E-state index contributed by atoms with van der Waals surface area (Å²) >= 11 is 6.24. The molecule has 2 aromatic rings. The molecule has 0 radical (unpaired) electrons. The van der Waals surface area contributed by atoms with E-state index < -0.39 is 17.7 Å². The van der Waals surface area contributed by atoms with E-state index >= 15 is 0 Å². The number of nitrogens with one attached hydrogen (secondary N) is 2. The Balaban J connectivity index is 1.87. The number of hydrogen-bond acceptors (Lipinski definition) is 3. The second-order valence-corrected chi connectivity index (χ2v) is 6.53. The van der Waals surface area contributed by atoms with Crippen molar-refractivity contribution in [1.29, 1.82) is 0 Å². The normalized spacial score (nSPS) is 18.3. The Morgan fingerprint density at radius 1 is 1.27 bits per heavy atom. The van der Waals surface area contributed by atoms with E-state index in [1.165, 1.54) is 0 Å². The number of hydrogen-bond donors (Lipinski definition) is 2. The van der Waals surface area contributed by atoms with Crippen LogP contribution in [0.3, 0.4) is 0 Å². The van der Waals surface area contributed by atoms with Crippen molar-refractivity contribution in [2.24, 2.45) is 0 Å². The molecule has 0 aliphatic carbocycles. The minimum Gasteiger partial charge on any atom is -0.378 e. The maximum absolute atomic E-state index is 14.4. The summed E-state index contributed by atoms with van der Waals surface area (Å²) in [7, 11) is 0. The molecule has 26 heavy (non-hydrogen) atoms. The molecule has 0 spiro atoms. The molecule has 1 amide bonds. The van der Waals surface area contributed by atoms with Gasteiger partial charge in [0.2, 0.25) is 5.91 Å². The number of benzene rings is 2. The second kappa shape index (κ2) is 8.58. The molecule has 3 rings (SSSR count). The van der Waals surface area contributed by atoms with Crippen LogP contribution in [0.25, 0.3) is 0 Å². The Kier molecular flexibility index (Phi) is 6.19. The van der Waals surface area contributed by atoms with Crippen LogP contribution in [0.5, 0.6) is 0 Å². The van der Waals surface area contributed by atoms with Crippen molar-refractivity contribution in [1.82, 2.24) is 10.6 Å². The summed E-state index contributed by atoms with van der Waals surface area (Å²) in [5.41, 5.74) is 0.527. The Morgan fingerprint density at radius 3 is 2.81 bits per heavy atom. The van der Waals surface area contributed by atoms with E-state index in [1.54, 1.807) is 24.3 Å². The summed E-state index contributed by atoms with van der Waals surface area (Å²) in [6.07, 6.45) is 0.165. The number of morpholine rings is 1. The molecule has 1 saturated heterocycles. The quantitative estimate of drug-likeness (QED) is 0.837. The van der Waals surface area contributed by atoms with E-state index in [2.05, 4.69) is 10.6 Å².